The van der Waals surface area contributed by atoms with E-state index in [1.165, 1.54) is 0 Å². The summed E-state index contributed by atoms with van der Waals surface area (Å²) in [5.41, 5.74) is 10.4. The Hall–Kier alpha value is -0.0100. The van der Waals surface area contributed by atoms with E-state index in [-0.39, 0.29) is 12.3 Å². The SMILES string of the molecule is CCCC(N)N.O=P([O-])(O)O.[NH4+]. The molecule has 0 atom stereocenters. The van der Waals surface area contributed by atoms with Crippen LogP contribution in [-0.2, 0) is 4.57 Å². The third kappa shape index (κ3) is 90.3. The van der Waals surface area contributed by atoms with E-state index in [1.54, 1.807) is 0 Å². The summed E-state index contributed by atoms with van der Waals surface area (Å²) in [4.78, 5) is 22.9. The van der Waals surface area contributed by atoms with Crippen LogP contribution in [-0.4, -0.2) is 16.0 Å². The van der Waals surface area contributed by atoms with Gasteiger partial charge >= 0.3 is 0 Å². The third-order valence-corrected chi connectivity index (χ3v) is 0.622. The Balaban J connectivity index is -0.000000126. The van der Waals surface area contributed by atoms with Crippen molar-refractivity contribution in [3.05, 3.63) is 0 Å². The molecule has 0 radical (unpaired) electrons. The molecule has 0 aromatic heterocycles. The number of rotatable bonds is 2. The predicted octanol–water partition coefficient (Wildman–Crippen LogP) is -1.15. The first-order chi connectivity index (χ1) is 4.77. The topological polar surface area (TPSA) is 169 Å². The predicted molar refractivity (Wildman–Crippen MR) is 45.1 cm³/mol. The molecule has 0 aromatic rings. The highest BCUT2D eigenvalue weighted by Crippen LogP contribution is 2.18. The summed E-state index contributed by atoms with van der Waals surface area (Å²) in [6.07, 6.45) is 1.91. The molecular formula is C4H18N3O4P. The molecule has 0 rings (SSSR count). The summed E-state index contributed by atoms with van der Waals surface area (Å²) < 4.78 is 8.77. The maximum absolute atomic E-state index is 8.77. The van der Waals surface area contributed by atoms with Gasteiger partial charge in [-0.25, -0.2) is 0 Å². The Labute approximate surface area is 71.6 Å². The number of quaternary nitrogens is 1. The fraction of sp³-hybridized carbons (Fsp3) is 1.00. The minimum atomic E-state index is -4.89. The lowest BCUT2D eigenvalue weighted by Gasteiger charge is -2.01. The van der Waals surface area contributed by atoms with E-state index in [4.69, 9.17) is 30.7 Å². The first kappa shape index (κ1) is 17.9. The van der Waals surface area contributed by atoms with E-state index in [2.05, 4.69) is 6.92 Å². The second kappa shape index (κ2) is 9.08. The zero-order valence-electron chi connectivity index (χ0n) is 7.30. The average Bonchev–Trinajstić information content (AvgIpc) is 1.58. The maximum atomic E-state index is 8.77. The fourth-order valence-electron chi connectivity index (χ4n) is 0.333. The van der Waals surface area contributed by atoms with Crippen molar-refractivity contribution in [3.8, 4) is 0 Å². The minimum absolute atomic E-state index is 0. The maximum Gasteiger partial charge on any atom is 0.262 e. The Kier molecular flexibility index (Phi) is 13.6. The molecule has 0 bridgehead atoms. The summed E-state index contributed by atoms with van der Waals surface area (Å²) in [5.74, 6) is 0. The van der Waals surface area contributed by atoms with Gasteiger partial charge in [0.05, 0.1) is 6.17 Å². The molecule has 8 heteroatoms. The van der Waals surface area contributed by atoms with Crippen LogP contribution in [0.4, 0.5) is 0 Å². The molecule has 7 nitrogen and oxygen atoms in total. The molecule has 10 N–H and O–H groups in total. The van der Waals surface area contributed by atoms with Crippen molar-refractivity contribution >= 4 is 7.82 Å². The third-order valence-electron chi connectivity index (χ3n) is 0.622. The second-order valence-corrected chi connectivity index (χ2v) is 2.92. The molecule has 0 fully saturated rings. The Morgan fingerprint density at radius 1 is 1.50 bits per heavy atom. The Morgan fingerprint density at radius 2 is 1.75 bits per heavy atom. The van der Waals surface area contributed by atoms with Crippen LogP contribution in [0.25, 0.3) is 0 Å². The lowest BCUT2D eigenvalue weighted by atomic mass is 10.3. The van der Waals surface area contributed by atoms with E-state index >= 15 is 0 Å². The van der Waals surface area contributed by atoms with Crippen molar-refractivity contribution in [2.75, 3.05) is 0 Å². The summed E-state index contributed by atoms with van der Waals surface area (Å²) >= 11 is 0. The van der Waals surface area contributed by atoms with Crippen LogP contribution < -0.4 is 22.5 Å². The van der Waals surface area contributed by atoms with Crippen molar-refractivity contribution < 1.29 is 19.2 Å². The zero-order chi connectivity index (χ0) is 9.49. The van der Waals surface area contributed by atoms with Crippen LogP contribution in [0.3, 0.4) is 0 Å². The largest absolute Gasteiger partial charge is 0.756 e. The lowest BCUT2D eigenvalue weighted by molar-refractivity contribution is -0.214. The molecule has 0 aliphatic carbocycles. The van der Waals surface area contributed by atoms with Crippen molar-refractivity contribution in [2.45, 2.75) is 25.9 Å². The number of hydrogen-bond donors (Lipinski definition) is 5. The van der Waals surface area contributed by atoms with Gasteiger partial charge in [-0.05, 0) is 6.42 Å². The monoisotopic (exact) mass is 203 g/mol. The van der Waals surface area contributed by atoms with Gasteiger partial charge in [0.15, 0.2) is 0 Å². The van der Waals surface area contributed by atoms with E-state index in [0.717, 1.165) is 12.8 Å². The minimum Gasteiger partial charge on any atom is -0.756 e. The Morgan fingerprint density at radius 3 is 1.75 bits per heavy atom. The molecule has 0 aliphatic rings. The molecule has 0 amide bonds. The molecule has 0 saturated heterocycles. The second-order valence-electron chi connectivity index (χ2n) is 1.94. The molecule has 78 valence electrons. The summed E-state index contributed by atoms with van der Waals surface area (Å²) in [7, 11) is -4.89. The highest BCUT2D eigenvalue weighted by Gasteiger charge is 1.85. The molecule has 0 saturated carbocycles. The van der Waals surface area contributed by atoms with Gasteiger partial charge in [-0.15, -0.1) is 0 Å². The van der Waals surface area contributed by atoms with E-state index in [0.29, 0.717) is 0 Å². The van der Waals surface area contributed by atoms with Gasteiger partial charge in [0.25, 0.3) is 7.82 Å². The highest BCUT2D eigenvalue weighted by atomic mass is 31.2. The van der Waals surface area contributed by atoms with Crippen LogP contribution in [0.5, 0.6) is 0 Å². The van der Waals surface area contributed by atoms with Crippen molar-refractivity contribution in [3.63, 3.8) is 0 Å². The van der Waals surface area contributed by atoms with Crippen LogP contribution in [0.1, 0.15) is 19.8 Å². The first-order valence-corrected chi connectivity index (χ1v) is 4.58. The number of phosphoric acid groups is 1. The number of hydrogen-bond acceptors (Lipinski definition) is 4. The highest BCUT2D eigenvalue weighted by molar-refractivity contribution is 7.43. The van der Waals surface area contributed by atoms with Crippen molar-refractivity contribution in [2.24, 2.45) is 11.5 Å². The first-order valence-electron chi connectivity index (χ1n) is 3.05. The van der Waals surface area contributed by atoms with Crippen molar-refractivity contribution in [1.82, 2.24) is 6.15 Å². The van der Waals surface area contributed by atoms with Gasteiger partial charge < -0.3 is 32.3 Å². The summed E-state index contributed by atoms with van der Waals surface area (Å²) in [6.45, 7) is 2.06. The molecule has 0 aliphatic heterocycles. The quantitative estimate of drug-likeness (QED) is 0.280. The summed E-state index contributed by atoms with van der Waals surface area (Å²) in [6, 6.07) is 0. The van der Waals surface area contributed by atoms with E-state index in [9.17, 15) is 0 Å². The van der Waals surface area contributed by atoms with Crippen LogP contribution >= 0.6 is 7.82 Å². The van der Waals surface area contributed by atoms with Crippen LogP contribution in [0.15, 0.2) is 0 Å². The van der Waals surface area contributed by atoms with Gasteiger partial charge in [0.1, 0.15) is 0 Å². The molecule has 12 heavy (non-hydrogen) atoms. The van der Waals surface area contributed by atoms with Gasteiger partial charge in [0.2, 0.25) is 0 Å². The van der Waals surface area contributed by atoms with E-state index < -0.39 is 7.82 Å². The van der Waals surface area contributed by atoms with Gasteiger partial charge in [0, 0.05) is 0 Å². The molecule has 0 aromatic carbocycles. The fourth-order valence-corrected chi connectivity index (χ4v) is 0.333. The molecule has 0 heterocycles. The molecule has 0 spiro atoms. The number of nitrogens with two attached hydrogens (primary N) is 2. The van der Waals surface area contributed by atoms with Crippen molar-refractivity contribution in [1.29, 1.82) is 0 Å². The van der Waals surface area contributed by atoms with Gasteiger partial charge in [-0.2, -0.15) is 0 Å². The zero-order valence-corrected chi connectivity index (χ0v) is 8.20. The van der Waals surface area contributed by atoms with E-state index in [1.807, 2.05) is 0 Å². The molecule has 0 unspecified atom stereocenters. The standard InChI is InChI=1S/C4H12N2.H3N.H3O4P/c1-2-3-4(5)6;;1-5(2,3)4/h4H,2-3,5-6H2,1H3;1H3;(H3,1,2,3,4). The lowest BCUT2D eigenvalue weighted by Crippen LogP contribution is -2.29. The average molecular weight is 203 g/mol. The smallest absolute Gasteiger partial charge is 0.262 e. The molecular weight excluding hydrogens is 185 g/mol. The van der Waals surface area contributed by atoms with Crippen LogP contribution in [0.2, 0.25) is 0 Å². The van der Waals surface area contributed by atoms with Gasteiger partial charge in [-0.1, -0.05) is 13.3 Å². The van der Waals surface area contributed by atoms with Crippen LogP contribution in [0, 0.1) is 0 Å². The van der Waals surface area contributed by atoms with Gasteiger partial charge in [-0.3, -0.25) is 4.57 Å². The summed E-state index contributed by atoms with van der Waals surface area (Å²) in [5, 5.41) is 0. The Bertz CT molecular complexity index is 117. The normalized spacial score (nSPS) is 9.92.